The molecule has 1 amide bonds. The first-order chi connectivity index (χ1) is 7.47. The smallest absolute Gasteiger partial charge is 0.235 e. The van der Waals surface area contributed by atoms with Crippen LogP contribution in [0.5, 0.6) is 0 Å². The number of hydrogen-bond acceptors (Lipinski definition) is 4. The molecule has 0 unspecified atom stereocenters. The van der Waals surface area contributed by atoms with Crippen molar-refractivity contribution < 1.29 is 9.32 Å². The van der Waals surface area contributed by atoms with Crippen LogP contribution in [-0.4, -0.2) is 34.5 Å². The Kier molecular flexibility index (Phi) is 4.41. The van der Waals surface area contributed by atoms with Crippen molar-refractivity contribution in [2.75, 3.05) is 13.3 Å². The second-order valence-corrected chi connectivity index (χ2v) is 5.05. The summed E-state index contributed by atoms with van der Waals surface area (Å²) < 4.78 is 5.07. The molecule has 90 valence electrons. The lowest BCUT2D eigenvalue weighted by Gasteiger charge is -2.20. The van der Waals surface area contributed by atoms with E-state index >= 15 is 0 Å². The summed E-state index contributed by atoms with van der Waals surface area (Å²) in [6, 6.07) is 0. The zero-order valence-electron chi connectivity index (χ0n) is 10.4. The van der Waals surface area contributed by atoms with E-state index in [0.29, 0.717) is 6.54 Å². The van der Waals surface area contributed by atoms with Crippen molar-refractivity contribution in [3.8, 4) is 0 Å². The van der Waals surface area contributed by atoms with Crippen molar-refractivity contribution in [1.82, 2.24) is 10.1 Å². The van der Waals surface area contributed by atoms with Crippen LogP contribution in [0.25, 0.3) is 0 Å². The first-order valence-corrected chi connectivity index (χ1v) is 6.45. The summed E-state index contributed by atoms with van der Waals surface area (Å²) in [6.07, 6.45) is 1.94. The summed E-state index contributed by atoms with van der Waals surface area (Å²) in [5.74, 6) is 0.918. The highest BCUT2D eigenvalue weighted by atomic mass is 32.2. The molecule has 0 aliphatic heterocycles. The van der Waals surface area contributed by atoms with E-state index in [0.717, 1.165) is 17.0 Å². The molecule has 0 aliphatic rings. The van der Waals surface area contributed by atoms with E-state index in [-0.39, 0.29) is 11.2 Å². The topological polar surface area (TPSA) is 46.3 Å². The van der Waals surface area contributed by atoms with Crippen molar-refractivity contribution in [1.29, 1.82) is 0 Å². The number of thioether (sulfide) groups is 1. The average Bonchev–Trinajstić information content (AvgIpc) is 2.58. The van der Waals surface area contributed by atoms with Crippen LogP contribution in [0.4, 0.5) is 0 Å². The number of amides is 1. The number of aromatic nitrogens is 1. The van der Waals surface area contributed by atoms with Gasteiger partial charge in [-0.3, -0.25) is 4.79 Å². The summed E-state index contributed by atoms with van der Waals surface area (Å²) in [6.45, 7) is 6.23. The Morgan fingerprint density at radius 1 is 1.56 bits per heavy atom. The van der Waals surface area contributed by atoms with Gasteiger partial charge in [0.05, 0.1) is 17.5 Å². The fourth-order valence-corrected chi connectivity index (χ4v) is 1.84. The molecule has 1 heterocycles. The quantitative estimate of drug-likeness (QED) is 0.810. The Morgan fingerprint density at radius 3 is 2.62 bits per heavy atom. The molecule has 5 heteroatoms. The van der Waals surface area contributed by atoms with Crippen LogP contribution in [0, 0.1) is 13.8 Å². The lowest BCUT2D eigenvalue weighted by molar-refractivity contribution is -0.129. The molecule has 16 heavy (non-hydrogen) atoms. The molecule has 0 fully saturated rings. The normalized spacial score (nSPS) is 12.6. The highest BCUT2D eigenvalue weighted by Gasteiger charge is 2.19. The van der Waals surface area contributed by atoms with Gasteiger partial charge in [-0.15, -0.1) is 0 Å². The summed E-state index contributed by atoms with van der Waals surface area (Å²) in [4.78, 5) is 13.6. The fourth-order valence-electron chi connectivity index (χ4n) is 1.45. The fraction of sp³-hybridized carbons (Fsp3) is 0.636. The van der Waals surface area contributed by atoms with Gasteiger partial charge in [0.1, 0.15) is 5.76 Å². The molecule has 0 spiro atoms. The van der Waals surface area contributed by atoms with E-state index in [9.17, 15) is 4.79 Å². The summed E-state index contributed by atoms with van der Waals surface area (Å²) in [5.41, 5.74) is 1.86. The van der Waals surface area contributed by atoms with Gasteiger partial charge in [-0.2, -0.15) is 11.8 Å². The molecule has 0 bridgehead atoms. The lowest BCUT2D eigenvalue weighted by atomic mass is 10.2. The number of carbonyl (C=O) groups excluding carboxylic acids is 1. The van der Waals surface area contributed by atoms with Crippen LogP contribution in [0.2, 0.25) is 0 Å². The van der Waals surface area contributed by atoms with Crippen LogP contribution in [0.1, 0.15) is 23.9 Å². The monoisotopic (exact) mass is 242 g/mol. The van der Waals surface area contributed by atoms with E-state index in [4.69, 9.17) is 4.52 Å². The molecular weight excluding hydrogens is 224 g/mol. The average molecular weight is 242 g/mol. The predicted octanol–water partition coefficient (Wildman–Crippen LogP) is 2.00. The van der Waals surface area contributed by atoms with E-state index in [1.165, 1.54) is 0 Å². The largest absolute Gasteiger partial charge is 0.361 e. The van der Waals surface area contributed by atoms with E-state index in [1.54, 1.807) is 23.7 Å². The van der Waals surface area contributed by atoms with Crippen molar-refractivity contribution in [3.63, 3.8) is 0 Å². The van der Waals surface area contributed by atoms with E-state index in [2.05, 4.69) is 5.16 Å². The molecule has 0 radical (unpaired) electrons. The molecule has 1 atom stereocenters. The highest BCUT2D eigenvalue weighted by molar-refractivity contribution is 7.99. The van der Waals surface area contributed by atoms with Crippen LogP contribution in [0.3, 0.4) is 0 Å². The van der Waals surface area contributed by atoms with Crippen molar-refractivity contribution in [2.45, 2.75) is 32.6 Å². The molecule has 1 rings (SSSR count). The zero-order chi connectivity index (χ0) is 12.3. The van der Waals surface area contributed by atoms with Gasteiger partial charge >= 0.3 is 0 Å². The predicted molar refractivity (Wildman–Crippen MR) is 65.4 cm³/mol. The molecule has 0 N–H and O–H groups in total. The van der Waals surface area contributed by atoms with Gasteiger partial charge in [-0.25, -0.2) is 0 Å². The minimum absolute atomic E-state index is 0.00882. The van der Waals surface area contributed by atoms with Crippen LogP contribution in [0.15, 0.2) is 4.52 Å². The van der Waals surface area contributed by atoms with Crippen LogP contribution >= 0.6 is 11.8 Å². The van der Waals surface area contributed by atoms with Crippen molar-refractivity contribution in [3.05, 3.63) is 17.0 Å². The van der Waals surface area contributed by atoms with Gasteiger partial charge in [0, 0.05) is 12.6 Å². The Labute approximate surface area is 100 Å². The van der Waals surface area contributed by atoms with Crippen molar-refractivity contribution in [2.24, 2.45) is 0 Å². The first-order valence-electron chi connectivity index (χ1n) is 5.17. The molecule has 4 nitrogen and oxygen atoms in total. The Bertz CT molecular complexity index is 357. The van der Waals surface area contributed by atoms with Gasteiger partial charge < -0.3 is 9.42 Å². The summed E-state index contributed by atoms with van der Waals surface area (Å²) in [5, 5.41) is 3.87. The molecule has 0 saturated heterocycles. The third-order valence-electron chi connectivity index (χ3n) is 2.65. The number of rotatable bonds is 4. The highest BCUT2D eigenvalue weighted by Crippen LogP contribution is 2.16. The maximum atomic E-state index is 11.9. The third kappa shape index (κ3) is 2.78. The maximum absolute atomic E-state index is 11.9. The first kappa shape index (κ1) is 13.1. The molecule has 1 aromatic rings. The lowest BCUT2D eigenvalue weighted by Crippen LogP contribution is -2.32. The SMILES string of the molecule is CS[C@H](C)C(=O)N(C)Cc1c(C)noc1C. The molecule has 0 aromatic carbocycles. The minimum Gasteiger partial charge on any atom is -0.361 e. The molecule has 0 aliphatic carbocycles. The zero-order valence-corrected chi connectivity index (χ0v) is 11.2. The second-order valence-electron chi connectivity index (χ2n) is 3.87. The number of aryl methyl sites for hydroxylation is 2. The second kappa shape index (κ2) is 5.39. The summed E-state index contributed by atoms with van der Waals surface area (Å²) >= 11 is 1.55. The van der Waals surface area contributed by atoms with Gasteiger partial charge in [0.15, 0.2) is 0 Å². The molecule has 0 saturated carbocycles. The number of hydrogen-bond donors (Lipinski definition) is 0. The Balaban J connectivity index is 2.71. The summed E-state index contributed by atoms with van der Waals surface area (Å²) in [7, 11) is 1.81. The van der Waals surface area contributed by atoms with E-state index in [1.807, 2.05) is 27.0 Å². The van der Waals surface area contributed by atoms with Gasteiger partial charge in [-0.05, 0) is 27.0 Å². The van der Waals surface area contributed by atoms with Crippen LogP contribution in [-0.2, 0) is 11.3 Å². The number of nitrogens with zero attached hydrogens (tertiary/aromatic N) is 2. The third-order valence-corrected chi connectivity index (χ3v) is 3.56. The van der Waals surface area contributed by atoms with Crippen LogP contribution < -0.4 is 0 Å². The standard InChI is InChI=1S/C11H18N2O2S/c1-7-10(8(2)15-12-7)6-13(4)11(14)9(3)16-5/h9H,6H2,1-5H3/t9-/m1/s1. The maximum Gasteiger partial charge on any atom is 0.235 e. The Hall–Kier alpha value is -0.970. The Morgan fingerprint density at radius 2 is 2.19 bits per heavy atom. The number of carbonyl (C=O) groups is 1. The molecular formula is C11H18N2O2S. The van der Waals surface area contributed by atoms with E-state index < -0.39 is 0 Å². The van der Waals surface area contributed by atoms with Gasteiger partial charge in [0.2, 0.25) is 5.91 Å². The van der Waals surface area contributed by atoms with Crippen molar-refractivity contribution >= 4 is 17.7 Å². The van der Waals surface area contributed by atoms with Gasteiger partial charge in [-0.1, -0.05) is 5.16 Å². The van der Waals surface area contributed by atoms with Gasteiger partial charge in [0.25, 0.3) is 0 Å². The minimum atomic E-state index is -0.00882. The molecule has 1 aromatic heterocycles.